The van der Waals surface area contributed by atoms with Crippen LogP contribution in [0.15, 0.2) is 11.8 Å². The summed E-state index contributed by atoms with van der Waals surface area (Å²) in [6.07, 6.45) is 16.6. The largest absolute Gasteiger partial charge is 0.338 e. The van der Waals surface area contributed by atoms with E-state index in [1.54, 1.807) is 0 Å². The van der Waals surface area contributed by atoms with Crippen molar-refractivity contribution in [1.82, 2.24) is 20.9 Å². The summed E-state index contributed by atoms with van der Waals surface area (Å²) < 4.78 is 0. The van der Waals surface area contributed by atoms with E-state index in [4.69, 9.17) is 0 Å². The third kappa shape index (κ3) is 4.19. The molecule has 5 fully saturated rings. The monoisotopic (exact) mass is 414 g/mol. The number of carbonyl (C=O) groups is 2. The zero-order chi connectivity index (χ0) is 20.6. The maximum atomic E-state index is 12.6. The summed E-state index contributed by atoms with van der Waals surface area (Å²) >= 11 is 0. The van der Waals surface area contributed by atoms with Gasteiger partial charge in [-0.15, -0.1) is 0 Å². The molecule has 166 valence electrons. The van der Waals surface area contributed by atoms with Gasteiger partial charge in [0.15, 0.2) is 0 Å². The molecule has 0 aromatic rings. The quantitative estimate of drug-likeness (QED) is 0.592. The second-order valence-corrected chi connectivity index (χ2v) is 10.7. The van der Waals surface area contributed by atoms with Crippen LogP contribution in [-0.4, -0.2) is 42.1 Å². The fourth-order valence-electron chi connectivity index (χ4n) is 7.53. The first-order valence-corrected chi connectivity index (χ1v) is 12.4. The number of hydrogen-bond donors (Lipinski definition) is 3. The Balaban J connectivity index is 1.02. The van der Waals surface area contributed by atoms with E-state index in [2.05, 4.69) is 22.0 Å². The molecule has 0 aromatic carbocycles. The van der Waals surface area contributed by atoms with Crippen LogP contribution in [0.1, 0.15) is 77.0 Å². The second kappa shape index (κ2) is 8.43. The normalized spacial score (nSPS) is 36.7. The van der Waals surface area contributed by atoms with E-state index in [9.17, 15) is 9.59 Å². The molecule has 6 rings (SSSR count). The van der Waals surface area contributed by atoms with Crippen LogP contribution in [-0.2, 0) is 0 Å². The van der Waals surface area contributed by atoms with Crippen LogP contribution in [0, 0.1) is 23.7 Å². The van der Waals surface area contributed by atoms with Crippen LogP contribution >= 0.6 is 0 Å². The Hall–Kier alpha value is -1.72. The van der Waals surface area contributed by atoms with Crippen molar-refractivity contribution in [1.29, 1.82) is 0 Å². The fourth-order valence-corrected chi connectivity index (χ4v) is 7.53. The molecular formula is C24H38N4O2. The lowest BCUT2D eigenvalue weighted by atomic mass is 9.53. The predicted molar refractivity (Wildman–Crippen MR) is 117 cm³/mol. The summed E-state index contributed by atoms with van der Waals surface area (Å²) in [4.78, 5) is 27.1. The highest BCUT2D eigenvalue weighted by Gasteiger charge is 2.51. The van der Waals surface area contributed by atoms with Crippen molar-refractivity contribution in [3.63, 3.8) is 0 Å². The molecule has 1 heterocycles. The Morgan fingerprint density at radius 2 is 1.63 bits per heavy atom. The molecule has 5 aliphatic carbocycles. The van der Waals surface area contributed by atoms with Crippen LogP contribution in [0.25, 0.3) is 0 Å². The Labute approximate surface area is 180 Å². The van der Waals surface area contributed by atoms with Gasteiger partial charge in [-0.05, 0) is 101 Å². The smallest absolute Gasteiger partial charge is 0.321 e. The minimum atomic E-state index is -0.0190. The molecule has 0 aromatic heterocycles. The maximum Gasteiger partial charge on any atom is 0.321 e. The topological polar surface area (TPSA) is 73.5 Å². The molecule has 30 heavy (non-hydrogen) atoms. The molecule has 0 radical (unpaired) electrons. The molecule has 1 aliphatic heterocycles. The molecule has 6 heteroatoms. The van der Waals surface area contributed by atoms with E-state index in [1.165, 1.54) is 63.5 Å². The molecule has 4 saturated carbocycles. The Morgan fingerprint density at radius 3 is 2.37 bits per heavy atom. The van der Waals surface area contributed by atoms with Crippen LogP contribution < -0.4 is 16.0 Å². The molecule has 4 bridgehead atoms. The summed E-state index contributed by atoms with van der Waals surface area (Å²) in [5.74, 6) is 3.08. The predicted octanol–water partition coefficient (Wildman–Crippen LogP) is 4.13. The fraction of sp³-hybridized carbons (Fsp3) is 0.833. The number of rotatable bonds is 5. The van der Waals surface area contributed by atoms with Gasteiger partial charge < -0.3 is 16.0 Å². The van der Waals surface area contributed by atoms with Gasteiger partial charge in [-0.25, -0.2) is 9.59 Å². The number of nitrogens with one attached hydrogen (secondary N) is 3. The molecule has 3 N–H and O–H groups in total. The SMILES string of the molecule is O=C(NCCCNC(=O)N1CCCC2CCCC=C21)NC12CC3CC(CC(C3)C1)C2. The molecule has 6 aliphatic rings. The van der Waals surface area contributed by atoms with Crippen molar-refractivity contribution in [2.45, 2.75) is 82.6 Å². The van der Waals surface area contributed by atoms with Crippen molar-refractivity contribution in [3.05, 3.63) is 11.8 Å². The number of urea groups is 2. The molecule has 6 nitrogen and oxygen atoms in total. The first kappa shape index (κ1) is 20.2. The highest BCUT2D eigenvalue weighted by molar-refractivity contribution is 5.76. The lowest BCUT2D eigenvalue weighted by Gasteiger charge is -2.56. The first-order chi connectivity index (χ1) is 14.6. The van der Waals surface area contributed by atoms with Crippen LogP contribution in [0.5, 0.6) is 0 Å². The second-order valence-electron chi connectivity index (χ2n) is 10.7. The number of likely N-dealkylation sites (tertiary alicyclic amines) is 1. The third-order valence-corrected chi connectivity index (χ3v) is 8.35. The minimum Gasteiger partial charge on any atom is -0.338 e. The summed E-state index contributed by atoms with van der Waals surface area (Å²) in [5.41, 5.74) is 1.31. The highest BCUT2D eigenvalue weighted by Crippen LogP contribution is 2.55. The van der Waals surface area contributed by atoms with Crippen molar-refractivity contribution in [2.24, 2.45) is 23.7 Å². The molecule has 1 saturated heterocycles. The number of amides is 4. The van der Waals surface area contributed by atoms with Gasteiger partial charge >= 0.3 is 12.1 Å². The van der Waals surface area contributed by atoms with Gasteiger partial charge in [0.2, 0.25) is 0 Å². The number of fused-ring (bicyclic) bond motifs is 1. The molecular weight excluding hydrogens is 376 g/mol. The minimum absolute atomic E-state index is 0.0190. The molecule has 0 spiro atoms. The van der Waals surface area contributed by atoms with Gasteiger partial charge in [0.1, 0.15) is 0 Å². The molecule has 1 unspecified atom stereocenters. The summed E-state index contributed by atoms with van der Waals surface area (Å²) in [6.45, 7) is 2.04. The van der Waals surface area contributed by atoms with Gasteiger partial charge in [-0.1, -0.05) is 6.08 Å². The van der Waals surface area contributed by atoms with Crippen molar-refractivity contribution in [3.8, 4) is 0 Å². The summed E-state index contributed by atoms with van der Waals surface area (Å²) in [6, 6.07) is 0.0142. The zero-order valence-corrected chi connectivity index (χ0v) is 18.3. The van der Waals surface area contributed by atoms with E-state index in [-0.39, 0.29) is 17.6 Å². The number of nitrogens with zero attached hydrogens (tertiary/aromatic N) is 1. The zero-order valence-electron chi connectivity index (χ0n) is 18.3. The van der Waals surface area contributed by atoms with Crippen molar-refractivity contribution < 1.29 is 9.59 Å². The average molecular weight is 415 g/mol. The van der Waals surface area contributed by atoms with Crippen LogP contribution in [0.4, 0.5) is 9.59 Å². The van der Waals surface area contributed by atoms with Crippen molar-refractivity contribution >= 4 is 12.1 Å². The summed E-state index contributed by atoms with van der Waals surface area (Å²) in [7, 11) is 0. The Bertz CT molecular complexity index is 668. The summed E-state index contributed by atoms with van der Waals surface area (Å²) in [5, 5.41) is 9.44. The van der Waals surface area contributed by atoms with Gasteiger partial charge in [0, 0.05) is 30.9 Å². The molecule has 1 atom stereocenters. The Kier molecular flexibility index (Phi) is 5.67. The maximum absolute atomic E-state index is 12.6. The van der Waals surface area contributed by atoms with E-state index in [0.29, 0.717) is 19.0 Å². The third-order valence-electron chi connectivity index (χ3n) is 8.35. The number of piperidine rings is 1. The van der Waals surface area contributed by atoms with Crippen LogP contribution in [0.3, 0.4) is 0 Å². The highest BCUT2D eigenvalue weighted by atomic mass is 16.2. The molecule has 4 amide bonds. The van der Waals surface area contributed by atoms with E-state index in [1.807, 2.05) is 4.90 Å². The number of carbonyl (C=O) groups excluding carboxylic acids is 2. The lowest BCUT2D eigenvalue weighted by molar-refractivity contribution is -0.0135. The van der Waals surface area contributed by atoms with Crippen LogP contribution in [0.2, 0.25) is 0 Å². The average Bonchev–Trinajstić information content (AvgIpc) is 2.71. The Morgan fingerprint density at radius 1 is 0.967 bits per heavy atom. The number of hydrogen-bond acceptors (Lipinski definition) is 2. The van der Waals surface area contributed by atoms with E-state index >= 15 is 0 Å². The van der Waals surface area contributed by atoms with Gasteiger partial charge in [-0.3, -0.25) is 4.90 Å². The van der Waals surface area contributed by atoms with Gasteiger partial charge in [0.05, 0.1) is 0 Å². The van der Waals surface area contributed by atoms with E-state index in [0.717, 1.165) is 43.6 Å². The lowest BCUT2D eigenvalue weighted by Crippen LogP contribution is -2.61. The van der Waals surface area contributed by atoms with E-state index < -0.39 is 0 Å². The van der Waals surface area contributed by atoms with Gasteiger partial charge in [-0.2, -0.15) is 0 Å². The first-order valence-electron chi connectivity index (χ1n) is 12.4. The number of allylic oxidation sites excluding steroid dienone is 2. The standard InChI is InChI=1S/C24H38N4O2/c29-22(27-24-14-17-11-18(15-24)13-19(12-17)16-24)25-8-4-9-26-23(30)28-10-3-6-20-5-1-2-7-21(20)28/h7,17-20H,1-6,8-16H2,(H,26,30)(H2,25,27,29). The van der Waals surface area contributed by atoms with Gasteiger partial charge in [0.25, 0.3) is 0 Å². The van der Waals surface area contributed by atoms with Crippen molar-refractivity contribution in [2.75, 3.05) is 19.6 Å².